The van der Waals surface area contributed by atoms with Crippen LogP contribution < -0.4 is 5.32 Å². The minimum atomic E-state index is -4.29. The number of alkyl halides is 3. The minimum absolute atomic E-state index is 0. The quantitative estimate of drug-likeness (QED) is 0.853. The predicted molar refractivity (Wildman–Crippen MR) is 65.4 cm³/mol. The second-order valence-corrected chi connectivity index (χ2v) is 6.34. The van der Waals surface area contributed by atoms with Crippen LogP contribution >= 0.6 is 12.4 Å². The van der Waals surface area contributed by atoms with Crippen LogP contribution in [-0.4, -0.2) is 50.3 Å². The molecule has 1 aliphatic rings. The van der Waals surface area contributed by atoms with Gasteiger partial charge in [0, 0.05) is 32.1 Å². The van der Waals surface area contributed by atoms with E-state index in [1.807, 2.05) is 6.92 Å². The highest BCUT2D eigenvalue weighted by atomic mass is 35.5. The summed E-state index contributed by atoms with van der Waals surface area (Å²) in [6.45, 7) is 3.05. The standard InChI is InChI=1S/C9H17F3N2O2S.ClH/c1-8-7-14(5-4-13-8)17(15,16)6-2-3-9(10,11)12;/h8,13H,2-7H2,1H3;1H. The summed E-state index contributed by atoms with van der Waals surface area (Å²) in [4.78, 5) is 0. The van der Waals surface area contributed by atoms with E-state index in [9.17, 15) is 21.6 Å². The van der Waals surface area contributed by atoms with Crippen molar-refractivity contribution in [3.05, 3.63) is 0 Å². The van der Waals surface area contributed by atoms with Gasteiger partial charge in [0.25, 0.3) is 0 Å². The normalized spacial score (nSPS) is 22.6. The first-order chi connectivity index (χ1) is 7.71. The third kappa shape index (κ3) is 6.21. The summed E-state index contributed by atoms with van der Waals surface area (Å²) in [5.41, 5.74) is 0. The Morgan fingerprint density at radius 3 is 2.50 bits per heavy atom. The number of nitrogens with one attached hydrogen (secondary N) is 1. The van der Waals surface area contributed by atoms with Crippen molar-refractivity contribution in [3.8, 4) is 0 Å². The van der Waals surface area contributed by atoms with Gasteiger partial charge in [-0.1, -0.05) is 0 Å². The first kappa shape index (κ1) is 17.9. The summed E-state index contributed by atoms with van der Waals surface area (Å²) in [5, 5.41) is 3.08. The van der Waals surface area contributed by atoms with Crippen LogP contribution in [0, 0.1) is 0 Å². The molecule has 1 aliphatic heterocycles. The summed E-state index contributed by atoms with van der Waals surface area (Å²) >= 11 is 0. The molecule has 1 fully saturated rings. The molecule has 18 heavy (non-hydrogen) atoms. The first-order valence-electron chi connectivity index (χ1n) is 5.49. The van der Waals surface area contributed by atoms with Gasteiger partial charge in [0.05, 0.1) is 5.75 Å². The molecule has 0 amide bonds. The zero-order valence-electron chi connectivity index (χ0n) is 10.0. The Hall–Kier alpha value is -0.0500. The Kier molecular flexibility index (Phi) is 6.91. The minimum Gasteiger partial charge on any atom is -0.312 e. The Morgan fingerprint density at radius 2 is 2.00 bits per heavy atom. The summed E-state index contributed by atoms with van der Waals surface area (Å²) < 4.78 is 60.5. The molecule has 1 unspecified atom stereocenters. The average Bonchev–Trinajstić information content (AvgIpc) is 2.15. The van der Waals surface area contributed by atoms with Crippen molar-refractivity contribution < 1.29 is 21.6 Å². The Balaban J connectivity index is 0.00000289. The SMILES string of the molecule is CC1CN(S(=O)(=O)CCCC(F)(F)F)CCN1.Cl. The Labute approximate surface area is 111 Å². The molecule has 1 heterocycles. The fraction of sp³-hybridized carbons (Fsp3) is 1.00. The highest BCUT2D eigenvalue weighted by Crippen LogP contribution is 2.22. The molecular weight excluding hydrogens is 293 g/mol. The molecule has 0 aromatic heterocycles. The van der Waals surface area contributed by atoms with Gasteiger partial charge < -0.3 is 5.32 Å². The maximum Gasteiger partial charge on any atom is 0.389 e. The van der Waals surface area contributed by atoms with Gasteiger partial charge in [-0.2, -0.15) is 17.5 Å². The van der Waals surface area contributed by atoms with Crippen LogP contribution in [0.3, 0.4) is 0 Å². The van der Waals surface area contributed by atoms with Crippen LogP contribution in [0.2, 0.25) is 0 Å². The lowest BCUT2D eigenvalue weighted by molar-refractivity contribution is -0.134. The van der Waals surface area contributed by atoms with Gasteiger partial charge in [-0.3, -0.25) is 0 Å². The van der Waals surface area contributed by atoms with Crippen molar-refractivity contribution in [2.75, 3.05) is 25.4 Å². The summed E-state index contributed by atoms with van der Waals surface area (Å²) in [6.07, 6.45) is -5.70. The van der Waals surface area contributed by atoms with E-state index in [0.29, 0.717) is 19.6 Å². The van der Waals surface area contributed by atoms with Crippen molar-refractivity contribution in [1.29, 1.82) is 0 Å². The average molecular weight is 311 g/mol. The summed E-state index contributed by atoms with van der Waals surface area (Å²) in [5.74, 6) is -0.431. The fourth-order valence-electron chi connectivity index (χ4n) is 1.73. The molecule has 1 atom stereocenters. The van der Waals surface area contributed by atoms with E-state index in [2.05, 4.69) is 5.32 Å². The number of sulfonamides is 1. The number of hydrogen-bond acceptors (Lipinski definition) is 3. The van der Waals surface area contributed by atoms with Gasteiger partial charge in [-0.05, 0) is 13.3 Å². The molecule has 1 N–H and O–H groups in total. The molecule has 1 saturated heterocycles. The van der Waals surface area contributed by atoms with Gasteiger partial charge >= 0.3 is 6.18 Å². The second kappa shape index (κ2) is 6.93. The number of piperazine rings is 1. The van der Waals surface area contributed by atoms with Crippen molar-refractivity contribution >= 4 is 22.4 Å². The van der Waals surface area contributed by atoms with Gasteiger partial charge in [0.15, 0.2) is 0 Å². The molecule has 0 bridgehead atoms. The van der Waals surface area contributed by atoms with Crippen LogP contribution in [0.4, 0.5) is 13.2 Å². The number of halogens is 4. The maximum absolute atomic E-state index is 11.9. The molecular formula is C9H18ClF3N2O2S. The van der Waals surface area contributed by atoms with E-state index in [1.54, 1.807) is 0 Å². The molecule has 0 aromatic carbocycles. The lowest BCUT2D eigenvalue weighted by atomic mass is 10.3. The molecule has 1 rings (SSSR count). The van der Waals surface area contributed by atoms with Crippen molar-refractivity contribution in [2.45, 2.75) is 32.0 Å². The lowest BCUT2D eigenvalue weighted by Gasteiger charge is -2.31. The number of nitrogens with zero attached hydrogens (tertiary/aromatic N) is 1. The zero-order chi connectivity index (χ0) is 13.1. The fourth-order valence-corrected chi connectivity index (χ4v) is 3.32. The van der Waals surface area contributed by atoms with Crippen molar-refractivity contribution in [1.82, 2.24) is 9.62 Å². The third-order valence-corrected chi connectivity index (χ3v) is 4.51. The van der Waals surface area contributed by atoms with Gasteiger partial charge in [-0.15, -0.1) is 12.4 Å². The monoisotopic (exact) mass is 310 g/mol. The number of rotatable bonds is 4. The first-order valence-corrected chi connectivity index (χ1v) is 7.09. The van der Waals surface area contributed by atoms with Gasteiger partial charge in [0.1, 0.15) is 0 Å². The molecule has 9 heteroatoms. The molecule has 110 valence electrons. The highest BCUT2D eigenvalue weighted by Gasteiger charge is 2.30. The van der Waals surface area contributed by atoms with Crippen LogP contribution in [0.15, 0.2) is 0 Å². The van der Waals surface area contributed by atoms with E-state index in [1.165, 1.54) is 4.31 Å². The largest absolute Gasteiger partial charge is 0.389 e. The smallest absolute Gasteiger partial charge is 0.312 e. The Bertz CT molecular complexity index is 348. The molecule has 0 aliphatic carbocycles. The topological polar surface area (TPSA) is 49.4 Å². The maximum atomic E-state index is 11.9. The molecule has 0 aromatic rings. The van der Waals surface area contributed by atoms with E-state index >= 15 is 0 Å². The van der Waals surface area contributed by atoms with Crippen molar-refractivity contribution in [3.63, 3.8) is 0 Å². The molecule has 4 nitrogen and oxygen atoms in total. The van der Waals surface area contributed by atoms with Crippen LogP contribution in [0.25, 0.3) is 0 Å². The van der Waals surface area contributed by atoms with Crippen LogP contribution in [0.1, 0.15) is 19.8 Å². The second-order valence-electron chi connectivity index (χ2n) is 4.25. The number of hydrogen-bond donors (Lipinski definition) is 1. The molecule has 0 spiro atoms. The van der Waals surface area contributed by atoms with Crippen molar-refractivity contribution in [2.24, 2.45) is 0 Å². The van der Waals surface area contributed by atoms with Gasteiger partial charge in [0.2, 0.25) is 10.0 Å². The molecule has 0 radical (unpaired) electrons. The van der Waals surface area contributed by atoms with E-state index in [4.69, 9.17) is 0 Å². The zero-order valence-corrected chi connectivity index (χ0v) is 11.7. The predicted octanol–water partition coefficient (Wildman–Crippen LogP) is 1.37. The van der Waals surface area contributed by atoms with E-state index in [-0.39, 0.29) is 24.9 Å². The molecule has 0 saturated carbocycles. The lowest BCUT2D eigenvalue weighted by Crippen LogP contribution is -2.51. The summed E-state index contributed by atoms with van der Waals surface area (Å²) in [6, 6.07) is 0.0427. The highest BCUT2D eigenvalue weighted by molar-refractivity contribution is 7.89. The van der Waals surface area contributed by atoms with E-state index in [0.717, 1.165) is 0 Å². The van der Waals surface area contributed by atoms with Crippen LogP contribution in [0.5, 0.6) is 0 Å². The van der Waals surface area contributed by atoms with Gasteiger partial charge in [-0.25, -0.2) is 8.42 Å². The van der Waals surface area contributed by atoms with E-state index < -0.39 is 28.4 Å². The Morgan fingerprint density at radius 1 is 1.39 bits per heavy atom. The third-order valence-electron chi connectivity index (χ3n) is 2.59. The summed E-state index contributed by atoms with van der Waals surface area (Å²) in [7, 11) is -3.55. The van der Waals surface area contributed by atoms with Crippen LogP contribution in [-0.2, 0) is 10.0 Å².